The van der Waals surface area contributed by atoms with Crippen LogP contribution in [0.4, 0.5) is 15.9 Å². The standard InChI is InChI=1S/C21H20FN5O/c1-27(13-19(28)24-17-9-3-2-8-15(17)22)21-14-7-6-11-16(14)25-20(26-21)18-10-4-5-12-23-18/h2-5,8-10,12H,6-7,11,13H2,1H3,(H,24,28). The van der Waals surface area contributed by atoms with E-state index in [2.05, 4.69) is 15.3 Å². The molecule has 0 spiro atoms. The summed E-state index contributed by atoms with van der Waals surface area (Å²) in [5.74, 6) is 0.515. The van der Waals surface area contributed by atoms with E-state index in [1.165, 1.54) is 12.1 Å². The first-order chi connectivity index (χ1) is 13.6. The third-order valence-electron chi connectivity index (χ3n) is 4.70. The highest BCUT2D eigenvalue weighted by Crippen LogP contribution is 2.30. The Bertz CT molecular complexity index is 1010. The number of anilines is 2. The van der Waals surface area contributed by atoms with Crippen LogP contribution in [0.15, 0.2) is 48.7 Å². The van der Waals surface area contributed by atoms with Crippen LogP contribution in [0.3, 0.4) is 0 Å². The van der Waals surface area contributed by atoms with Crippen LogP contribution in [-0.4, -0.2) is 34.5 Å². The van der Waals surface area contributed by atoms with Gasteiger partial charge in [0.2, 0.25) is 5.91 Å². The summed E-state index contributed by atoms with van der Waals surface area (Å²) < 4.78 is 13.8. The molecule has 3 aromatic rings. The van der Waals surface area contributed by atoms with Crippen molar-refractivity contribution in [2.24, 2.45) is 0 Å². The van der Waals surface area contributed by atoms with Gasteiger partial charge in [-0.25, -0.2) is 14.4 Å². The highest BCUT2D eigenvalue weighted by Gasteiger charge is 2.23. The molecule has 7 heteroatoms. The molecule has 0 saturated carbocycles. The number of pyridine rings is 1. The van der Waals surface area contributed by atoms with E-state index in [1.807, 2.05) is 25.2 Å². The van der Waals surface area contributed by atoms with Gasteiger partial charge in [-0.15, -0.1) is 0 Å². The van der Waals surface area contributed by atoms with Crippen molar-refractivity contribution >= 4 is 17.4 Å². The fraction of sp³-hybridized carbons (Fsp3) is 0.238. The van der Waals surface area contributed by atoms with Gasteiger partial charge in [0.15, 0.2) is 5.82 Å². The van der Waals surface area contributed by atoms with Gasteiger partial charge in [-0.3, -0.25) is 9.78 Å². The molecule has 0 fully saturated rings. The van der Waals surface area contributed by atoms with E-state index in [1.54, 1.807) is 23.2 Å². The van der Waals surface area contributed by atoms with Crippen molar-refractivity contribution in [3.05, 3.63) is 65.7 Å². The topological polar surface area (TPSA) is 71.0 Å². The summed E-state index contributed by atoms with van der Waals surface area (Å²) in [6.07, 6.45) is 4.49. The van der Waals surface area contributed by atoms with Crippen LogP contribution in [0.2, 0.25) is 0 Å². The van der Waals surface area contributed by atoms with Crippen LogP contribution in [-0.2, 0) is 17.6 Å². The highest BCUT2D eigenvalue weighted by molar-refractivity contribution is 5.94. The number of aryl methyl sites for hydroxylation is 1. The number of nitrogens with zero attached hydrogens (tertiary/aromatic N) is 4. The molecule has 6 nitrogen and oxygen atoms in total. The number of hydrogen-bond acceptors (Lipinski definition) is 5. The number of hydrogen-bond donors (Lipinski definition) is 1. The molecule has 0 unspecified atom stereocenters. The van der Waals surface area contributed by atoms with Crippen molar-refractivity contribution in [2.75, 3.05) is 23.8 Å². The highest BCUT2D eigenvalue weighted by atomic mass is 19.1. The van der Waals surface area contributed by atoms with Crippen molar-refractivity contribution in [1.29, 1.82) is 0 Å². The summed E-state index contributed by atoms with van der Waals surface area (Å²) in [6, 6.07) is 11.7. The SMILES string of the molecule is CN(CC(=O)Nc1ccccc1F)c1nc(-c2ccccn2)nc2c1CCC2. The van der Waals surface area contributed by atoms with Gasteiger partial charge in [0.1, 0.15) is 17.3 Å². The number of fused-ring (bicyclic) bond motifs is 1. The van der Waals surface area contributed by atoms with E-state index < -0.39 is 5.82 Å². The van der Waals surface area contributed by atoms with Crippen LogP contribution in [0.25, 0.3) is 11.5 Å². The normalized spacial score (nSPS) is 12.5. The van der Waals surface area contributed by atoms with Crippen LogP contribution < -0.4 is 10.2 Å². The number of nitrogens with one attached hydrogen (secondary N) is 1. The molecule has 2 aromatic heterocycles. The summed E-state index contributed by atoms with van der Waals surface area (Å²) in [4.78, 5) is 27.9. The number of halogens is 1. The molecule has 28 heavy (non-hydrogen) atoms. The van der Waals surface area contributed by atoms with Crippen LogP contribution in [0, 0.1) is 5.82 Å². The summed E-state index contributed by atoms with van der Waals surface area (Å²) >= 11 is 0. The van der Waals surface area contributed by atoms with Crippen LogP contribution in [0.5, 0.6) is 0 Å². The van der Waals surface area contributed by atoms with E-state index in [4.69, 9.17) is 4.98 Å². The van der Waals surface area contributed by atoms with Crippen molar-refractivity contribution in [1.82, 2.24) is 15.0 Å². The van der Waals surface area contributed by atoms with E-state index >= 15 is 0 Å². The minimum Gasteiger partial charge on any atom is -0.350 e. The molecule has 2 heterocycles. The van der Waals surface area contributed by atoms with Gasteiger partial charge < -0.3 is 10.2 Å². The molecule has 1 amide bonds. The van der Waals surface area contributed by atoms with E-state index in [0.29, 0.717) is 11.5 Å². The van der Waals surface area contributed by atoms with Gasteiger partial charge in [0, 0.05) is 24.5 Å². The fourth-order valence-electron chi connectivity index (χ4n) is 3.38. The number of aromatic nitrogens is 3. The minimum absolute atomic E-state index is 0.0550. The summed E-state index contributed by atoms with van der Waals surface area (Å²) in [5.41, 5.74) is 2.94. The molecule has 0 atom stereocenters. The first kappa shape index (κ1) is 18.0. The van der Waals surface area contributed by atoms with Crippen molar-refractivity contribution in [2.45, 2.75) is 19.3 Å². The van der Waals surface area contributed by atoms with E-state index in [0.717, 1.165) is 36.3 Å². The Kier molecular flexibility index (Phi) is 4.97. The van der Waals surface area contributed by atoms with E-state index in [9.17, 15) is 9.18 Å². The molecule has 1 aromatic carbocycles. The number of rotatable bonds is 5. The smallest absolute Gasteiger partial charge is 0.244 e. The second-order valence-electron chi connectivity index (χ2n) is 6.75. The lowest BCUT2D eigenvalue weighted by molar-refractivity contribution is -0.114. The number of carbonyl (C=O) groups excluding carboxylic acids is 1. The number of amides is 1. The zero-order valence-corrected chi connectivity index (χ0v) is 15.5. The molecule has 1 N–H and O–H groups in total. The van der Waals surface area contributed by atoms with Gasteiger partial charge >= 0.3 is 0 Å². The molecule has 0 saturated heterocycles. The number of benzene rings is 1. The lowest BCUT2D eigenvalue weighted by atomic mass is 10.2. The van der Waals surface area contributed by atoms with Gasteiger partial charge in [-0.05, 0) is 43.5 Å². The Morgan fingerprint density at radius 2 is 1.96 bits per heavy atom. The first-order valence-electron chi connectivity index (χ1n) is 9.18. The maximum atomic E-state index is 13.8. The van der Waals surface area contributed by atoms with E-state index in [-0.39, 0.29) is 18.1 Å². The van der Waals surface area contributed by atoms with Crippen LogP contribution >= 0.6 is 0 Å². The minimum atomic E-state index is -0.459. The molecule has 1 aliphatic rings. The first-order valence-corrected chi connectivity index (χ1v) is 9.18. The summed E-state index contributed by atoms with van der Waals surface area (Å²) in [7, 11) is 1.81. The average Bonchev–Trinajstić information content (AvgIpc) is 3.18. The monoisotopic (exact) mass is 377 g/mol. The Hall–Kier alpha value is -3.35. The maximum Gasteiger partial charge on any atom is 0.244 e. The lowest BCUT2D eigenvalue weighted by Gasteiger charge is -2.21. The predicted molar refractivity (Wildman–Crippen MR) is 106 cm³/mol. The number of carbonyl (C=O) groups is 1. The van der Waals surface area contributed by atoms with Gasteiger partial charge in [0.25, 0.3) is 0 Å². The van der Waals surface area contributed by atoms with Crippen molar-refractivity contribution in [3.63, 3.8) is 0 Å². The van der Waals surface area contributed by atoms with Gasteiger partial charge in [-0.1, -0.05) is 18.2 Å². The molecule has 0 radical (unpaired) electrons. The molecular weight excluding hydrogens is 357 g/mol. The van der Waals surface area contributed by atoms with Gasteiger partial charge in [-0.2, -0.15) is 0 Å². The predicted octanol–water partition coefficient (Wildman–Crippen LogP) is 3.24. The molecule has 142 valence electrons. The average molecular weight is 377 g/mol. The second kappa shape index (κ2) is 7.72. The third-order valence-corrected chi connectivity index (χ3v) is 4.70. The Morgan fingerprint density at radius 3 is 2.75 bits per heavy atom. The maximum absolute atomic E-state index is 13.8. The summed E-state index contributed by atoms with van der Waals surface area (Å²) in [6.45, 7) is 0.0550. The molecule has 1 aliphatic carbocycles. The summed E-state index contributed by atoms with van der Waals surface area (Å²) in [5, 5.41) is 2.61. The van der Waals surface area contributed by atoms with Crippen LogP contribution in [0.1, 0.15) is 17.7 Å². The Labute approximate surface area is 162 Å². The second-order valence-corrected chi connectivity index (χ2v) is 6.75. The number of para-hydroxylation sites is 1. The number of likely N-dealkylation sites (N-methyl/N-ethyl adjacent to an activating group) is 1. The molecule has 0 bridgehead atoms. The lowest BCUT2D eigenvalue weighted by Crippen LogP contribution is -2.31. The van der Waals surface area contributed by atoms with Crippen molar-refractivity contribution in [3.8, 4) is 11.5 Å². The zero-order chi connectivity index (χ0) is 19.5. The Balaban J connectivity index is 1.58. The largest absolute Gasteiger partial charge is 0.350 e. The third kappa shape index (κ3) is 3.69. The fourth-order valence-corrected chi connectivity index (χ4v) is 3.38. The quantitative estimate of drug-likeness (QED) is 0.739. The molecule has 4 rings (SSSR count). The zero-order valence-electron chi connectivity index (χ0n) is 15.5. The van der Waals surface area contributed by atoms with Crippen molar-refractivity contribution < 1.29 is 9.18 Å². The Morgan fingerprint density at radius 1 is 1.14 bits per heavy atom. The molecule has 0 aliphatic heterocycles. The van der Waals surface area contributed by atoms with Gasteiger partial charge in [0.05, 0.1) is 12.2 Å². The molecular formula is C21H20FN5O.